The second-order valence-electron chi connectivity index (χ2n) is 6.19. The number of rotatable bonds is 6. The summed E-state index contributed by atoms with van der Waals surface area (Å²) in [6, 6.07) is -0.250. The number of piperidine rings is 1. The summed E-state index contributed by atoms with van der Waals surface area (Å²) in [4.78, 5) is 28.5. The number of hydrogen-bond acceptors (Lipinski definition) is 4. The fourth-order valence-corrected chi connectivity index (χ4v) is 3.27. The molecule has 0 bridgehead atoms. The molecule has 2 N–H and O–H groups in total. The van der Waals surface area contributed by atoms with Crippen molar-refractivity contribution in [3.05, 3.63) is 0 Å². The maximum Gasteiger partial charge on any atom is 0.242 e. The van der Waals surface area contributed by atoms with Crippen LogP contribution in [0.3, 0.4) is 0 Å². The third-order valence-corrected chi connectivity index (χ3v) is 4.59. The summed E-state index contributed by atoms with van der Waals surface area (Å²) in [5, 5.41) is 6.36. The average molecular weight is 310 g/mol. The first-order valence-corrected chi connectivity index (χ1v) is 8.72. The number of likely N-dealkylation sites (tertiary alicyclic amines) is 1. The average Bonchev–Trinajstić information content (AvgIpc) is 2.58. The fraction of sp³-hybridized carbons (Fsp3) is 0.875. The minimum atomic E-state index is -0.250. The van der Waals surface area contributed by atoms with Gasteiger partial charge in [-0.1, -0.05) is 6.92 Å². The molecule has 2 rings (SSSR count). The van der Waals surface area contributed by atoms with Crippen molar-refractivity contribution in [2.24, 2.45) is 0 Å². The van der Waals surface area contributed by atoms with Crippen LogP contribution < -0.4 is 10.6 Å². The third-order valence-electron chi connectivity index (χ3n) is 4.59. The molecule has 1 atom stereocenters. The third kappa shape index (κ3) is 4.95. The molecule has 2 heterocycles. The van der Waals surface area contributed by atoms with E-state index in [9.17, 15) is 9.59 Å². The van der Waals surface area contributed by atoms with Crippen LogP contribution in [0.5, 0.6) is 0 Å². The van der Waals surface area contributed by atoms with Crippen LogP contribution in [-0.2, 0) is 9.59 Å². The predicted molar refractivity (Wildman–Crippen MR) is 86.6 cm³/mol. The predicted octanol–water partition coefficient (Wildman–Crippen LogP) is 0.189. The van der Waals surface area contributed by atoms with Gasteiger partial charge in [0.15, 0.2) is 0 Å². The molecule has 6 nitrogen and oxygen atoms in total. The van der Waals surface area contributed by atoms with Crippen LogP contribution in [-0.4, -0.2) is 73.5 Å². The molecule has 2 aliphatic heterocycles. The molecule has 126 valence electrons. The summed E-state index contributed by atoms with van der Waals surface area (Å²) >= 11 is 0. The van der Waals surface area contributed by atoms with Crippen LogP contribution in [0.15, 0.2) is 0 Å². The lowest BCUT2D eigenvalue weighted by atomic mass is 10.0. The van der Waals surface area contributed by atoms with E-state index in [0.29, 0.717) is 13.0 Å². The largest absolute Gasteiger partial charge is 0.354 e. The van der Waals surface area contributed by atoms with Crippen molar-refractivity contribution in [2.75, 3.05) is 45.8 Å². The molecule has 2 amide bonds. The molecular weight excluding hydrogens is 280 g/mol. The molecule has 2 fully saturated rings. The zero-order chi connectivity index (χ0) is 15.8. The Morgan fingerprint density at radius 1 is 1.18 bits per heavy atom. The van der Waals surface area contributed by atoms with E-state index in [1.54, 1.807) is 4.90 Å². The number of carbonyl (C=O) groups excluding carboxylic acids is 2. The van der Waals surface area contributed by atoms with Crippen molar-refractivity contribution in [1.29, 1.82) is 0 Å². The Kier molecular flexibility index (Phi) is 7.12. The van der Waals surface area contributed by atoms with Gasteiger partial charge in [-0.3, -0.25) is 9.59 Å². The van der Waals surface area contributed by atoms with Crippen molar-refractivity contribution >= 4 is 11.8 Å². The van der Waals surface area contributed by atoms with Gasteiger partial charge in [0.2, 0.25) is 11.8 Å². The minimum absolute atomic E-state index is 0.0295. The van der Waals surface area contributed by atoms with E-state index < -0.39 is 0 Å². The number of hydrogen-bond donors (Lipinski definition) is 2. The fourth-order valence-electron chi connectivity index (χ4n) is 3.27. The topological polar surface area (TPSA) is 64.7 Å². The van der Waals surface area contributed by atoms with Crippen LogP contribution in [0.4, 0.5) is 0 Å². The standard InChI is InChI=1S/C16H30N4O2/c1-2-15(21)20-11-4-3-6-14(20)16(22)18-7-5-10-19-12-8-17-9-13-19/h14,17H,2-13H2,1H3,(H,18,22). The highest BCUT2D eigenvalue weighted by molar-refractivity contribution is 5.87. The molecular formula is C16H30N4O2. The van der Waals surface area contributed by atoms with Crippen molar-refractivity contribution < 1.29 is 9.59 Å². The van der Waals surface area contributed by atoms with E-state index in [1.165, 1.54) is 0 Å². The molecule has 0 aromatic rings. The van der Waals surface area contributed by atoms with E-state index in [-0.39, 0.29) is 17.9 Å². The lowest BCUT2D eigenvalue weighted by Crippen LogP contribution is -2.52. The van der Waals surface area contributed by atoms with Crippen molar-refractivity contribution in [3.8, 4) is 0 Å². The van der Waals surface area contributed by atoms with Gasteiger partial charge in [-0.15, -0.1) is 0 Å². The van der Waals surface area contributed by atoms with Gasteiger partial charge in [-0.05, 0) is 32.2 Å². The number of nitrogens with one attached hydrogen (secondary N) is 2. The van der Waals surface area contributed by atoms with Gasteiger partial charge >= 0.3 is 0 Å². The van der Waals surface area contributed by atoms with Gasteiger partial charge in [0.1, 0.15) is 6.04 Å². The highest BCUT2D eigenvalue weighted by Gasteiger charge is 2.30. The van der Waals surface area contributed by atoms with E-state index >= 15 is 0 Å². The Morgan fingerprint density at radius 2 is 1.95 bits per heavy atom. The molecule has 0 aliphatic carbocycles. The molecule has 2 saturated heterocycles. The van der Waals surface area contributed by atoms with Crippen molar-refractivity contribution in [1.82, 2.24) is 20.4 Å². The Morgan fingerprint density at radius 3 is 2.68 bits per heavy atom. The van der Waals surface area contributed by atoms with E-state index in [2.05, 4.69) is 15.5 Å². The van der Waals surface area contributed by atoms with Crippen LogP contribution in [0.2, 0.25) is 0 Å². The first-order chi connectivity index (χ1) is 10.7. The first kappa shape index (κ1) is 17.2. The Balaban J connectivity index is 1.69. The molecule has 0 spiro atoms. The van der Waals surface area contributed by atoms with Crippen LogP contribution in [0.25, 0.3) is 0 Å². The quantitative estimate of drug-likeness (QED) is 0.688. The monoisotopic (exact) mass is 310 g/mol. The van der Waals surface area contributed by atoms with E-state index in [4.69, 9.17) is 0 Å². The summed E-state index contributed by atoms with van der Waals surface area (Å²) in [7, 11) is 0. The maximum atomic E-state index is 12.4. The molecule has 2 aliphatic rings. The number of amides is 2. The zero-order valence-corrected chi connectivity index (χ0v) is 13.8. The Hall–Kier alpha value is -1.14. The summed E-state index contributed by atoms with van der Waals surface area (Å²) in [5.41, 5.74) is 0. The zero-order valence-electron chi connectivity index (χ0n) is 13.8. The molecule has 6 heteroatoms. The normalized spacial score (nSPS) is 23.3. The van der Waals surface area contributed by atoms with Crippen molar-refractivity contribution in [2.45, 2.75) is 45.1 Å². The van der Waals surface area contributed by atoms with Gasteiger partial charge in [-0.2, -0.15) is 0 Å². The summed E-state index contributed by atoms with van der Waals surface area (Å²) in [5.74, 6) is 0.127. The number of piperazine rings is 1. The highest BCUT2D eigenvalue weighted by atomic mass is 16.2. The Bertz CT molecular complexity index is 369. The molecule has 0 radical (unpaired) electrons. The van der Waals surface area contributed by atoms with Gasteiger partial charge in [0.25, 0.3) is 0 Å². The second-order valence-corrected chi connectivity index (χ2v) is 6.19. The molecule has 0 aromatic carbocycles. The number of nitrogens with zero attached hydrogens (tertiary/aromatic N) is 2. The van der Waals surface area contributed by atoms with Gasteiger partial charge in [-0.25, -0.2) is 0 Å². The summed E-state index contributed by atoms with van der Waals surface area (Å²) in [6.45, 7) is 8.62. The smallest absolute Gasteiger partial charge is 0.242 e. The Labute approximate surface area is 133 Å². The molecule has 1 unspecified atom stereocenters. The van der Waals surface area contributed by atoms with Crippen LogP contribution in [0, 0.1) is 0 Å². The van der Waals surface area contributed by atoms with Gasteiger partial charge in [0.05, 0.1) is 0 Å². The summed E-state index contributed by atoms with van der Waals surface area (Å²) < 4.78 is 0. The number of carbonyl (C=O) groups is 2. The molecule has 22 heavy (non-hydrogen) atoms. The van der Waals surface area contributed by atoms with E-state index in [1.807, 2.05) is 6.92 Å². The minimum Gasteiger partial charge on any atom is -0.354 e. The summed E-state index contributed by atoms with van der Waals surface area (Å²) in [6.07, 6.45) is 4.30. The first-order valence-electron chi connectivity index (χ1n) is 8.72. The van der Waals surface area contributed by atoms with Crippen molar-refractivity contribution in [3.63, 3.8) is 0 Å². The highest BCUT2D eigenvalue weighted by Crippen LogP contribution is 2.18. The van der Waals surface area contributed by atoms with Gasteiger partial charge < -0.3 is 20.4 Å². The molecule has 0 saturated carbocycles. The second kappa shape index (κ2) is 9.10. The SMILES string of the molecule is CCC(=O)N1CCCCC1C(=O)NCCCN1CCNCC1. The van der Waals surface area contributed by atoms with Gasteiger partial charge in [0, 0.05) is 45.7 Å². The lowest BCUT2D eigenvalue weighted by Gasteiger charge is -2.34. The van der Waals surface area contributed by atoms with E-state index in [0.717, 1.165) is 65.0 Å². The molecule has 0 aromatic heterocycles. The van der Waals surface area contributed by atoms with Crippen LogP contribution in [0.1, 0.15) is 39.0 Å². The lowest BCUT2D eigenvalue weighted by molar-refractivity contribution is -0.142. The van der Waals surface area contributed by atoms with Crippen LogP contribution >= 0.6 is 0 Å². The maximum absolute atomic E-state index is 12.4.